The number of rotatable bonds is 12. The van der Waals surface area contributed by atoms with Crippen molar-refractivity contribution in [3.63, 3.8) is 0 Å². The summed E-state index contributed by atoms with van der Waals surface area (Å²) < 4.78 is 11.3. The molecule has 0 saturated heterocycles. The van der Waals surface area contributed by atoms with Gasteiger partial charge in [0.1, 0.15) is 17.5 Å². The number of hydrazone groups is 1. The van der Waals surface area contributed by atoms with Crippen molar-refractivity contribution in [1.29, 1.82) is 0 Å². The third kappa shape index (κ3) is 9.12. The Morgan fingerprint density at radius 1 is 1.00 bits per heavy atom. The molecule has 7 nitrogen and oxygen atoms in total. The normalized spacial score (nSPS) is 12.5. The third-order valence-electron chi connectivity index (χ3n) is 5.20. The fraction of sp³-hybridized carbons (Fsp3) is 0.250. The number of ether oxygens (including phenoxy) is 2. The molecule has 0 saturated carbocycles. The Labute approximate surface area is 226 Å². The second-order valence-electron chi connectivity index (χ2n) is 8.24. The molecule has 2 amide bonds. The van der Waals surface area contributed by atoms with Crippen LogP contribution < -0.4 is 20.2 Å². The molecule has 0 radical (unpaired) electrons. The van der Waals surface area contributed by atoms with E-state index in [1.54, 1.807) is 19.1 Å². The van der Waals surface area contributed by atoms with Gasteiger partial charge in [-0.15, -0.1) is 0 Å². The van der Waals surface area contributed by atoms with Gasteiger partial charge in [0.25, 0.3) is 11.8 Å². The molecule has 0 heterocycles. The standard InChI is InChI=1S/C28H29Cl2N3O4/c1-3-14-36-23-11-7-10-21(15-23)18-31-33-28(35)25(16-20-8-5-4-6-9-20)32-27(34)19(2)37-26-13-12-22(29)17-24(26)30/h4-13,15,17-19,25H,3,14,16H2,1-2H3,(H,32,34)(H,33,35)/b31-18-/t19-,25-/m1/s1. The van der Waals surface area contributed by atoms with Crippen LogP contribution >= 0.6 is 23.2 Å². The monoisotopic (exact) mass is 541 g/mol. The lowest BCUT2D eigenvalue weighted by atomic mass is 10.1. The van der Waals surface area contributed by atoms with Crippen molar-refractivity contribution < 1.29 is 19.1 Å². The zero-order valence-corrected chi connectivity index (χ0v) is 22.1. The van der Waals surface area contributed by atoms with Crippen LogP contribution in [0, 0.1) is 0 Å². The molecule has 0 unspecified atom stereocenters. The van der Waals surface area contributed by atoms with Gasteiger partial charge in [-0.3, -0.25) is 9.59 Å². The summed E-state index contributed by atoms with van der Waals surface area (Å²) in [5.41, 5.74) is 4.16. The minimum atomic E-state index is -0.917. The molecule has 0 bridgehead atoms. The third-order valence-corrected chi connectivity index (χ3v) is 5.73. The molecule has 0 aliphatic carbocycles. The van der Waals surface area contributed by atoms with Crippen LogP contribution in [0.5, 0.6) is 11.5 Å². The number of benzene rings is 3. The summed E-state index contributed by atoms with van der Waals surface area (Å²) in [5, 5.41) is 7.57. The van der Waals surface area contributed by atoms with Crippen molar-refractivity contribution in [2.45, 2.75) is 38.8 Å². The van der Waals surface area contributed by atoms with E-state index in [0.29, 0.717) is 17.4 Å². The van der Waals surface area contributed by atoms with Crippen molar-refractivity contribution in [2.75, 3.05) is 6.61 Å². The van der Waals surface area contributed by atoms with Gasteiger partial charge in [0, 0.05) is 11.4 Å². The highest BCUT2D eigenvalue weighted by Crippen LogP contribution is 2.28. The number of hydrogen-bond donors (Lipinski definition) is 2. The van der Waals surface area contributed by atoms with Crippen LogP contribution in [0.4, 0.5) is 0 Å². The minimum Gasteiger partial charge on any atom is -0.494 e. The van der Waals surface area contributed by atoms with Gasteiger partial charge in [0.05, 0.1) is 17.8 Å². The highest BCUT2D eigenvalue weighted by atomic mass is 35.5. The summed E-state index contributed by atoms with van der Waals surface area (Å²) >= 11 is 12.1. The molecule has 2 N–H and O–H groups in total. The Bertz CT molecular complexity index is 1220. The zero-order chi connectivity index (χ0) is 26.6. The molecule has 0 aromatic heterocycles. The predicted molar refractivity (Wildman–Crippen MR) is 147 cm³/mol. The van der Waals surface area contributed by atoms with E-state index in [1.807, 2.05) is 61.5 Å². The van der Waals surface area contributed by atoms with E-state index < -0.39 is 24.0 Å². The molecule has 9 heteroatoms. The Morgan fingerprint density at radius 2 is 1.78 bits per heavy atom. The van der Waals surface area contributed by atoms with Crippen molar-refractivity contribution in [3.8, 4) is 11.5 Å². The maximum Gasteiger partial charge on any atom is 0.262 e. The summed E-state index contributed by atoms with van der Waals surface area (Å²) in [4.78, 5) is 25.9. The molecule has 194 valence electrons. The van der Waals surface area contributed by atoms with Crippen LogP contribution in [0.3, 0.4) is 0 Å². The van der Waals surface area contributed by atoms with Crippen LogP contribution in [0.2, 0.25) is 10.0 Å². The van der Waals surface area contributed by atoms with Gasteiger partial charge in [-0.1, -0.05) is 72.6 Å². The second kappa shape index (κ2) is 14.3. The van der Waals surface area contributed by atoms with Gasteiger partial charge in [-0.2, -0.15) is 5.10 Å². The summed E-state index contributed by atoms with van der Waals surface area (Å²) in [6.07, 6.45) is 1.77. The van der Waals surface area contributed by atoms with Gasteiger partial charge in [-0.05, 0) is 54.8 Å². The summed E-state index contributed by atoms with van der Waals surface area (Å²) in [6, 6.07) is 20.6. The Kier molecular flexibility index (Phi) is 10.8. The van der Waals surface area contributed by atoms with Crippen LogP contribution in [-0.4, -0.2) is 36.8 Å². The average Bonchev–Trinajstić information content (AvgIpc) is 2.89. The van der Waals surface area contributed by atoms with Gasteiger partial charge >= 0.3 is 0 Å². The average molecular weight is 542 g/mol. The molecular weight excluding hydrogens is 513 g/mol. The van der Waals surface area contributed by atoms with E-state index >= 15 is 0 Å². The molecule has 2 atom stereocenters. The molecule has 3 rings (SSSR count). The first-order chi connectivity index (χ1) is 17.9. The molecule has 0 fully saturated rings. The van der Waals surface area contributed by atoms with Crippen molar-refractivity contribution in [1.82, 2.24) is 10.7 Å². The SMILES string of the molecule is CCCOc1cccc(/C=N\NC(=O)[C@@H](Cc2ccccc2)NC(=O)[C@@H](C)Oc2ccc(Cl)cc2Cl)c1. The van der Waals surface area contributed by atoms with Crippen molar-refractivity contribution in [3.05, 3.63) is 94.0 Å². The first-order valence-corrected chi connectivity index (χ1v) is 12.6. The number of carbonyl (C=O) groups excluding carboxylic acids is 2. The summed E-state index contributed by atoms with van der Waals surface area (Å²) in [5.74, 6) is 0.0871. The van der Waals surface area contributed by atoms with E-state index in [2.05, 4.69) is 15.8 Å². The van der Waals surface area contributed by atoms with E-state index in [4.69, 9.17) is 32.7 Å². The lowest BCUT2D eigenvalue weighted by Gasteiger charge is -2.21. The molecule has 0 spiro atoms. The molecule has 0 aliphatic rings. The van der Waals surface area contributed by atoms with Crippen LogP contribution in [-0.2, 0) is 16.0 Å². The zero-order valence-electron chi connectivity index (χ0n) is 20.6. The van der Waals surface area contributed by atoms with E-state index in [0.717, 1.165) is 23.3 Å². The summed E-state index contributed by atoms with van der Waals surface area (Å²) in [6.45, 7) is 4.22. The highest BCUT2D eigenvalue weighted by molar-refractivity contribution is 6.35. The Morgan fingerprint density at radius 3 is 2.51 bits per heavy atom. The Hall–Kier alpha value is -3.55. The molecular formula is C28H29Cl2N3O4. The molecule has 3 aromatic carbocycles. The first-order valence-electron chi connectivity index (χ1n) is 11.9. The van der Waals surface area contributed by atoms with Crippen molar-refractivity contribution >= 4 is 41.2 Å². The highest BCUT2D eigenvalue weighted by Gasteiger charge is 2.25. The van der Waals surface area contributed by atoms with Crippen LogP contribution in [0.1, 0.15) is 31.4 Å². The predicted octanol–water partition coefficient (Wildman–Crippen LogP) is 5.43. The number of nitrogens with one attached hydrogen (secondary N) is 2. The molecule has 3 aromatic rings. The van der Waals surface area contributed by atoms with Gasteiger partial charge in [-0.25, -0.2) is 5.43 Å². The second-order valence-corrected chi connectivity index (χ2v) is 9.08. The number of halogens is 2. The lowest BCUT2D eigenvalue weighted by Crippen LogP contribution is -2.50. The quantitative estimate of drug-likeness (QED) is 0.236. The topological polar surface area (TPSA) is 89.0 Å². The number of amides is 2. The fourth-order valence-electron chi connectivity index (χ4n) is 3.32. The maximum atomic E-state index is 13.0. The van der Waals surface area contributed by atoms with Crippen LogP contribution in [0.15, 0.2) is 77.9 Å². The smallest absolute Gasteiger partial charge is 0.262 e. The van der Waals surface area contributed by atoms with Crippen LogP contribution in [0.25, 0.3) is 0 Å². The number of hydrogen-bond acceptors (Lipinski definition) is 5. The fourth-order valence-corrected chi connectivity index (χ4v) is 3.77. The largest absolute Gasteiger partial charge is 0.494 e. The minimum absolute atomic E-state index is 0.267. The van der Waals surface area contributed by atoms with E-state index in [1.165, 1.54) is 12.3 Å². The van der Waals surface area contributed by atoms with E-state index in [9.17, 15) is 9.59 Å². The first kappa shape index (κ1) is 28.0. The maximum absolute atomic E-state index is 13.0. The van der Waals surface area contributed by atoms with Gasteiger partial charge in [0.2, 0.25) is 0 Å². The van der Waals surface area contributed by atoms with Crippen molar-refractivity contribution in [2.24, 2.45) is 5.10 Å². The Balaban J connectivity index is 1.67. The lowest BCUT2D eigenvalue weighted by molar-refractivity contribution is -0.132. The summed E-state index contributed by atoms with van der Waals surface area (Å²) in [7, 11) is 0. The van der Waals surface area contributed by atoms with Gasteiger partial charge in [0.15, 0.2) is 6.10 Å². The number of nitrogens with zero attached hydrogens (tertiary/aromatic N) is 1. The van der Waals surface area contributed by atoms with E-state index in [-0.39, 0.29) is 11.4 Å². The van der Waals surface area contributed by atoms with Gasteiger partial charge < -0.3 is 14.8 Å². The molecule has 37 heavy (non-hydrogen) atoms. The number of carbonyl (C=O) groups is 2. The molecule has 0 aliphatic heterocycles.